The lowest BCUT2D eigenvalue weighted by Crippen LogP contribution is -2.62. The number of rotatable bonds is 16. The van der Waals surface area contributed by atoms with Crippen LogP contribution in [-0.2, 0) is 38.7 Å². The van der Waals surface area contributed by atoms with Crippen molar-refractivity contribution >= 4 is 23.8 Å². The zero-order valence-corrected chi connectivity index (χ0v) is 28.9. The molecule has 262 valence electrons. The molecule has 3 aromatic rings. The molecule has 10 heteroatoms. The van der Waals surface area contributed by atoms with E-state index in [1.165, 1.54) is 0 Å². The third kappa shape index (κ3) is 10.6. The Morgan fingerprint density at radius 1 is 0.816 bits per heavy atom. The summed E-state index contributed by atoms with van der Waals surface area (Å²) in [6.07, 6.45) is 5.35. The third-order valence-corrected chi connectivity index (χ3v) is 9.37. The molecule has 0 saturated heterocycles. The van der Waals surface area contributed by atoms with Crippen LogP contribution in [0.1, 0.15) is 75.5 Å². The molecule has 0 radical (unpaired) electrons. The molecule has 0 spiro atoms. The van der Waals surface area contributed by atoms with Crippen LogP contribution in [0, 0.1) is 0 Å². The van der Waals surface area contributed by atoms with Crippen molar-refractivity contribution in [2.24, 2.45) is 0 Å². The van der Waals surface area contributed by atoms with E-state index in [9.17, 15) is 19.2 Å². The first kappa shape index (κ1) is 37.0. The average Bonchev–Trinajstić information content (AvgIpc) is 3.14. The summed E-state index contributed by atoms with van der Waals surface area (Å²) in [5, 5.41) is 8.69. The van der Waals surface area contributed by atoms with Crippen LogP contribution >= 0.6 is 0 Å². The monoisotopic (exact) mass is 670 g/mol. The summed E-state index contributed by atoms with van der Waals surface area (Å²) in [4.78, 5) is 56.4. The van der Waals surface area contributed by atoms with Gasteiger partial charge in [-0.2, -0.15) is 0 Å². The summed E-state index contributed by atoms with van der Waals surface area (Å²) < 4.78 is 10.7. The normalized spacial score (nSPS) is 13.9. The van der Waals surface area contributed by atoms with Crippen LogP contribution in [0.2, 0.25) is 0 Å². The van der Waals surface area contributed by atoms with Crippen molar-refractivity contribution in [2.75, 3.05) is 13.7 Å². The first-order chi connectivity index (χ1) is 23.8. The van der Waals surface area contributed by atoms with E-state index in [1.807, 2.05) is 98.8 Å². The Labute approximate surface area is 289 Å². The van der Waals surface area contributed by atoms with Gasteiger partial charge in [0.15, 0.2) is 0 Å². The quantitative estimate of drug-likeness (QED) is 0.180. The van der Waals surface area contributed by atoms with Gasteiger partial charge in [-0.3, -0.25) is 14.4 Å². The van der Waals surface area contributed by atoms with Crippen LogP contribution in [0.3, 0.4) is 0 Å². The van der Waals surface area contributed by atoms with E-state index in [-0.39, 0.29) is 38.1 Å². The topological polar surface area (TPSA) is 126 Å². The fourth-order valence-corrected chi connectivity index (χ4v) is 6.38. The highest BCUT2D eigenvalue weighted by Crippen LogP contribution is 2.29. The van der Waals surface area contributed by atoms with Crippen molar-refractivity contribution in [1.82, 2.24) is 20.9 Å². The highest BCUT2D eigenvalue weighted by molar-refractivity contribution is 5.94. The van der Waals surface area contributed by atoms with E-state index in [1.54, 1.807) is 12.0 Å². The van der Waals surface area contributed by atoms with Gasteiger partial charge in [-0.1, -0.05) is 106 Å². The van der Waals surface area contributed by atoms with E-state index in [0.29, 0.717) is 18.6 Å². The van der Waals surface area contributed by atoms with Gasteiger partial charge in [0.25, 0.3) is 0 Å². The summed E-state index contributed by atoms with van der Waals surface area (Å²) in [5.41, 5.74) is 1.32. The van der Waals surface area contributed by atoms with E-state index in [4.69, 9.17) is 9.47 Å². The lowest BCUT2D eigenvalue weighted by molar-refractivity contribution is -0.150. The zero-order valence-electron chi connectivity index (χ0n) is 28.9. The molecule has 1 aliphatic carbocycles. The maximum Gasteiger partial charge on any atom is 0.408 e. The second-order valence-corrected chi connectivity index (χ2v) is 12.5. The minimum absolute atomic E-state index is 0.0458. The molecule has 3 N–H and O–H groups in total. The minimum Gasteiger partial charge on any atom is -0.497 e. The van der Waals surface area contributed by atoms with Crippen LogP contribution in [0.15, 0.2) is 84.9 Å². The van der Waals surface area contributed by atoms with Crippen LogP contribution in [0.5, 0.6) is 5.75 Å². The Morgan fingerprint density at radius 2 is 1.43 bits per heavy atom. The average molecular weight is 671 g/mol. The van der Waals surface area contributed by atoms with Crippen LogP contribution in [0.25, 0.3) is 0 Å². The van der Waals surface area contributed by atoms with E-state index in [0.717, 1.165) is 48.8 Å². The standard InChI is InChI=1S/C39H50N4O6/c1-4-39(5-2,37(46)41-32-19-13-8-14-20-32)43(27-30-21-23-33(48-3)24-22-30)35(44)26-40-36(45)34(25-29-15-9-6-10-16-29)42-38(47)49-28-31-17-11-7-12-18-31/h6-7,9-12,15-18,21-24,32,34H,4-5,8,13-14,19-20,25-28H2,1-3H3,(H,40,45)(H,41,46)(H,42,47)/t34-/m0/s1. The lowest BCUT2D eigenvalue weighted by Gasteiger charge is -2.43. The fraction of sp³-hybridized carbons (Fsp3) is 0.436. The summed E-state index contributed by atoms with van der Waals surface area (Å²) in [6.45, 7) is 3.68. The summed E-state index contributed by atoms with van der Waals surface area (Å²) >= 11 is 0. The molecule has 1 atom stereocenters. The molecule has 0 aliphatic heterocycles. The Balaban J connectivity index is 1.52. The fourth-order valence-electron chi connectivity index (χ4n) is 6.38. The van der Waals surface area contributed by atoms with Gasteiger partial charge in [0.1, 0.15) is 23.9 Å². The zero-order chi connectivity index (χ0) is 35.1. The Bertz CT molecular complexity index is 1490. The van der Waals surface area contributed by atoms with Gasteiger partial charge >= 0.3 is 6.09 Å². The molecule has 3 aromatic carbocycles. The summed E-state index contributed by atoms with van der Waals surface area (Å²) in [6, 6.07) is 25.0. The van der Waals surface area contributed by atoms with Gasteiger partial charge in [0.2, 0.25) is 17.7 Å². The van der Waals surface area contributed by atoms with Crippen molar-refractivity contribution < 1.29 is 28.7 Å². The largest absolute Gasteiger partial charge is 0.497 e. The first-order valence-corrected chi connectivity index (χ1v) is 17.3. The number of methoxy groups -OCH3 is 1. The molecular formula is C39H50N4O6. The third-order valence-electron chi connectivity index (χ3n) is 9.37. The number of carbonyl (C=O) groups is 4. The Kier molecular flexibility index (Phi) is 14.0. The molecule has 10 nitrogen and oxygen atoms in total. The Hall–Kier alpha value is -4.86. The van der Waals surface area contributed by atoms with Gasteiger partial charge in [-0.25, -0.2) is 4.79 Å². The van der Waals surface area contributed by atoms with Crippen molar-refractivity contribution in [3.05, 3.63) is 102 Å². The van der Waals surface area contributed by atoms with E-state index < -0.39 is 29.5 Å². The predicted molar refractivity (Wildman–Crippen MR) is 189 cm³/mol. The number of benzene rings is 3. The molecule has 49 heavy (non-hydrogen) atoms. The summed E-state index contributed by atoms with van der Waals surface area (Å²) in [5.74, 6) is -0.442. The van der Waals surface area contributed by atoms with Crippen molar-refractivity contribution in [3.8, 4) is 5.75 Å². The number of amides is 4. The second-order valence-electron chi connectivity index (χ2n) is 12.5. The molecular weight excluding hydrogens is 620 g/mol. The van der Waals surface area contributed by atoms with E-state index in [2.05, 4.69) is 16.0 Å². The smallest absolute Gasteiger partial charge is 0.408 e. The van der Waals surface area contributed by atoms with Crippen LogP contribution < -0.4 is 20.7 Å². The second kappa shape index (κ2) is 18.6. The highest BCUT2D eigenvalue weighted by Gasteiger charge is 2.44. The van der Waals surface area contributed by atoms with Gasteiger partial charge in [0, 0.05) is 19.0 Å². The Morgan fingerprint density at radius 3 is 2.02 bits per heavy atom. The number of hydrogen-bond donors (Lipinski definition) is 3. The van der Waals surface area contributed by atoms with Crippen molar-refractivity contribution in [3.63, 3.8) is 0 Å². The molecule has 1 fully saturated rings. The maximum atomic E-state index is 14.2. The SMILES string of the molecule is CCC(CC)(C(=O)NC1CCCCC1)N(Cc1ccc(OC)cc1)C(=O)CNC(=O)[C@H](Cc1ccccc1)NC(=O)OCc1ccccc1. The number of carbonyl (C=O) groups excluding carboxylic acids is 4. The molecule has 1 aliphatic rings. The first-order valence-electron chi connectivity index (χ1n) is 17.3. The molecule has 0 bridgehead atoms. The number of hydrogen-bond acceptors (Lipinski definition) is 6. The number of nitrogens with one attached hydrogen (secondary N) is 3. The van der Waals surface area contributed by atoms with Crippen LogP contribution in [0.4, 0.5) is 4.79 Å². The minimum atomic E-state index is -1.14. The van der Waals surface area contributed by atoms with Gasteiger partial charge < -0.3 is 30.3 Å². The number of nitrogens with zero attached hydrogens (tertiary/aromatic N) is 1. The van der Waals surface area contributed by atoms with Crippen molar-refractivity contribution in [1.29, 1.82) is 0 Å². The predicted octanol–water partition coefficient (Wildman–Crippen LogP) is 5.69. The molecule has 1 saturated carbocycles. The molecule has 4 amide bonds. The van der Waals surface area contributed by atoms with Gasteiger partial charge in [-0.15, -0.1) is 0 Å². The number of alkyl carbamates (subject to hydrolysis) is 1. The molecule has 4 rings (SSSR count). The maximum absolute atomic E-state index is 14.2. The van der Waals surface area contributed by atoms with Gasteiger partial charge in [-0.05, 0) is 54.5 Å². The molecule has 0 heterocycles. The molecule has 0 aromatic heterocycles. The van der Waals surface area contributed by atoms with Gasteiger partial charge in [0.05, 0.1) is 13.7 Å². The van der Waals surface area contributed by atoms with E-state index >= 15 is 0 Å². The van der Waals surface area contributed by atoms with Crippen molar-refractivity contribution in [2.45, 2.75) is 96.0 Å². The molecule has 0 unspecified atom stereocenters. The highest BCUT2D eigenvalue weighted by atomic mass is 16.5. The summed E-state index contributed by atoms with van der Waals surface area (Å²) in [7, 11) is 1.59. The van der Waals surface area contributed by atoms with Crippen LogP contribution in [-0.4, -0.2) is 60.0 Å². The number of ether oxygens (including phenoxy) is 2. The lowest BCUT2D eigenvalue weighted by atomic mass is 9.87.